The number of hydrogen-bond donors (Lipinski definition) is 1. The van der Waals surface area contributed by atoms with Crippen LogP contribution in [0.4, 0.5) is 5.82 Å². The van der Waals surface area contributed by atoms with Crippen LogP contribution in [0.25, 0.3) is 0 Å². The molecular weight excluding hydrogens is 435 g/mol. The number of hydrogen-bond acceptors (Lipinski definition) is 5. The van der Waals surface area contributed by atoms with Gasteiger partial charge in [-0.25, -0.2) is 4.98 Å². The first-order chi connectivity index (χ1) is 14.6. The van der Waals surface area contributed by atoms with Gasteiger partial charge in [-0.15, -0.1) is 12.4 Å². The summed E-state index contributed by atoms with van der Waals surface area (Å²) in [6.45, 7) is 3.13. The van der Waals surface area contributed by atoms with Gasteiger partial charge in [0.25, 0.3) is 0 Å². The summed E-state index contributed by atoms with van der Waals surface area (Å²) < 4.78 is 5.95. The molecule has 4 rings (SSSR count). The average molecular weight is 465 g/mol. The number of piperidine rings is 1. The van der Waals surface area contributed by atoms with E-state index in [-0.39, 0.29) is 24.4 Å². The van der Waals surface area contributed by atoms with Crippen molar-refractivity contribution < 1.29 is 9.53 Å². The van der Waals surface area contributed by atoms with Crippen molar-refractivity contribution in [2.75, 3.05) is 38.2 Å². The zero-order chi connectivity index (χ0) is 20.9. The lowest BCUT2D eigenvalue weighted by molar-refractivity contribution is -0.144. The van der Waals surface area contributed by atoms with Gasteiger partial charge in [0.15, 0.2) is 0 Å². The van der Waals surface area contributed by atoms with Crippen LogP contribution in [-0.2, 0) is 16.0 Å². The van der Waals surface area contributed by atoms with Crippen molar-refractivity contribution in [3.63, 3.8) is 0 Å². The Morgan fingerprint density at radius 2 is 1.94 bits per heavy atom. The number of carbonyl (C=O) groups is 1. The van der Waals surface area contributed by atoms with E-state index in [0.29, 0.717) is 19.2 Å². The van der Waals surface area contributed by atoms with Gasteiger partial charge in [-0.05, 0) is 49.1 Å². The first-order valence-electron chi connectivity index (χ1n) is 10.6. The molecule has 31 heavy (non-hydrogen) atoms. The van der Waals surface area contributed by atoms with Crippen molar-refractivity contribution in [3.05, 3.63) is 59.2 Å². The maximum Gasteiger partial charge on any atom is 0.250 e. The minimum atomic E-state index is -0.412. The largest absolute Gasteiger partial charge is 0.365 e. The zero-order valence-corrected chi connectivity index (χ0v) is 19.3. The molecular formula is C23H30Cl2N4O2. The quantitative estimate of drug-likeness (QED) is 0.735. The molecule has 2 aromatic rings. The Morgan fingerprint density at radius 1 is 1.19 bits per heavy atom. The topological polar surface area (TPSA) is 57.7 Å². The molecule has 1 amide bonds. The molecule has 2 saturated heterocycles. The number of anilines is 1. The molecule has 2 atom stereocenters. The van der Waals surface area contributed by atoms with Crippen LogP contribution in [0.5, 0.6) is 0 Å². The number of nitrogens with zero attached hydrogens (tertiary/aromatic N) is 3. The molecule has 2 aliphatic heterocycles. The van der Waals surface area contributed by atoms with Gasteiger partial charge in [-0.2, -0.15) is 0 Å². The maximum atomic E-state index is 12.2. The van der Waals surface area contributed by atoms with E-state index in [1.807, 2.05) is 30.5 Å². The fourth-order valence-electron chi connectivity index (χ4n) is 4.52. The predicted molar refractivity (Wildman–Crippen MR) is 126 cm³/mol. The van der Waals surface area contributed by atoms with Crippen LogP contribution in [0.15, 0.2) is 48.7 Å². The third-order valence-corrected chi connectivity index (χ3v) is 6.42. The normalized spacial score (nSPS) is 22.6. The van der Waals surface area contributed by atoms with E-state index >= 15 is 0 Å². The van der Waals surface area contributed by atoms with E-state index in [4.69, 9.17) is 16.3 Å². The number of halogens is 2. The van der Waals surface area contributed by atoms with Crippen molar-refractivity contribution >= 4 is 35.7 Å². The van der Waals surface area contributed by atoms with E-state index in [1.54, 1.807) is 7.05 Å². The number of likely N-dealkylation sites (N-methyl/N-ethyl adjacent to an activating group) is 1. The van der Waals surface area contributed by atoms with Crippen LogP contribution < -0.4 is 10.2 Å². The summed E-state index contributed by atoms with van der Waals surface area (Å²) >= 11 is 6.05. The molecule has 1 aromatic heterocycles. The van der Waals surface area contributed by atoms with Crippen molar-refractivity contribution in [3.8, 4) is 0 Å². The standard InChI is InChI=1S/C23H29ClN4O2.ClH/c1-25-23(29)21-15-28(20(16-30-21)14-17-5-7-18(24)8-6-17)19-9-12-27(13-10-19)22-4-2-3-11-26-22;/h2-8,11,19-21H,9-10,12-16H2,1H3,(H,25,29);1H/t20-,21+;/m0./s1. The second kappa shape index (κ2) is 11.1. The summed E-state index contributed by atoms with van der Waals surface area (Å²) in [5, 5.41) is 3.48. The number of pyridine rings is 1. The number of morpholine rings is 1. The van der Waals surface area contributed by atoms with E-state index < -0.39 is 6.10 Å². The summed E-state index contributed by atoms with van der Waals surface area (Å²) in [6, 6.07) is 14.8. The van der Waals surface area contributed by atoms with Gasteiger partial charge in [0.05, 0.1) is 6.61 Å². The van der Waals surface area contributed by atoms with Crippen molar-refractivity contribution in [1.29, 1.82) is 0 Å². The first-order valence-corrected chi connectivity index (χ1v) is 11.0. The summed E-state index contributed by atoms with van der Waals surface area (Å²) in [4.78, 5) is 21.6. The minimum Gasteiger partial charge on any atom is -0.365 e. The molecule has 1 aromatic carbocycles. The van der Waals surface area contributed by atoms with Gasteiger partial charge in [0.1, 0.15) is 11.9 Å². The molecule has 0 radical (unpaired) electrons. The number of aromatic nitrogens is 1. The van der Waals surface area contributed by atoms with Gasteiger partial charge in [0.2, 0.25) is 5.91 Å². The van der Waals surface area contributed by atoms with E-state index in [2.05, 4.69) is 38.3 Å². The Kier molecular flexibility index (Phi) is 8.55. The molecule has 2 aliphatic rings. The molecule has 3 heterocycles. The van der Waals surface area contributed by atoms with Gasteiger partial charge in [-0.1, -0.05) is 29.8 Å². The number of nitrogens with one attached hydrogen (secondary N) is 1. The summed E-state index contributed by atoms with van der Waals surface area (Å²) in [5.41, 5.74) is 1.24. The maximum absolute atomic E-state index is 12.2. The van der Waals surface area contributed by atoms with Crippen molar-refractivity contribution in [2.45, 2.75) is 37.5 Å². The number of amides is 1. The fraction of sp³-hybridized carbons (Fsp3) is 0.478. The Labute approximate surface area is 195 Å². The van der Waals surface area contributed by atoms with Crippen LogP contribution in [0.2, 0.25) is 5.02 Å². The van der Waals surface area contributed by atoms with Crippen molar-refractivity contribution in [2.24, 2.45) is 0 Å². The summed E-state index contributed by atoms with van der Waals surface area (Å²) in [5.74, 6) is 0.995. The highest BCUT2D eigenvalue weighted by Crippen LogP contribution is 2.27. The Balaban J connectivity index is 0.00000272. The second-order valence-electron chi connectivity index (χ2n) is 8.02. The number of benzene rings is 1. The molecule has 8 heteroatoms. The van der Waals surface area contributed by atoms with Gasteiger partial charge < -0.3 is 15.0 Å². The van der Waals surface area contributed by atoms with Crippen LogP contribution in [0.3, 0.4) is 0 Å². The molecule has 0 saturated carbocycles. The lowest BCUT2D eigenvalue weighted by Gasteiger charge is -2.46. The van der Waals surface area contributed by atoms with E-state index in [1.165, 1.54) is 5.56 Å². The molecule has 168 valence electrons. The van der Waals surface area contributed by atoms with Gasteiger partial charge in [-0.3, -0.25) is 9.69 Å². The van der Waals surface area contributed by atoms with Gasteiger partial charge >= 0.3 is 0 Å². The Hall–Kier alpha value is -1.86. The highest BCUT2D eigenvalue weighted by Gasteiger charge is 2.37. The molecule has 2 fully saturated rings. The third kappa shape index (κ3) is 5.89. The van der Waals surface area contributed by atoms with Crippen molar-refractivity contribution in [1.82, 2.24) is 15.2 Å². The monoisotopic (exact) mass is 464 g/mol. The lowest BCUT2D eigenvalue weighted by atomic mass is 9.96. The molecule has 0 bridgehead atoms. The molecule has 1 N–H and O–H groups in total. The molecule has 0 aliphatic carbocycles. The fourth-order valence-corrected chi connectivity index (χ4v) is 4.65. The van der Waals surface area contributed by atoms with Crippen LogP contribution in [0, 0.1) is 0 Å². The zero-order valence-electron chi connectivity index (χ0n) is 17.7. The molecule has 0 spiro atoms. The highest BCUT2D eigenvalue weighted by molar-refractivity contribution is 6.30. The van der Waals surface area contributed by atoms with Crippen LogP contribution in [0.1, 0.15) is 18.4 Å². The molecule has 0 unspecified atom stereocenters. The Morgan fingerprint density at radius 3 is 2.58 bits per heavy atom. The number of ether oxygens (including phenoxy) is 1. The third-order valence-electron chi connectivity index (χ3n) is 6.17. The first kappa shape index (κ1) is 23.8. The van der Waals surface area contributed by atoms with Gasteiger partial charge in [0, 0.05) is 50.0 Å². The lowest BCUT2D eigenvalue weighted by Crippen LogP contribution is -2.59. The predicted octanol–water partition coefficient (Wildman–Crippen LogP) is 3.18. The van der Waals surface area contributed by atoms with E-state index in [9.17, 15) is 4.79 Å². The highest BCUT2D eigenvalue weighted by atomic mass is 35.5. The summed E-state index contributed by atoms with van der Waals surface area (Å²) in [7, 11) is 1.67. The SMILES string of the molecule is CNC(=O)[C@H]1CN(C2CCN(c3ccccn3)CC2)[C@@H](Cc2ccc(Cl)cc2)CO1.Cl. The average Bonchev–Trinajstić information content (AvgIpc) is 2.81. The minimum absolute atomic E-state index is 0. The second-order valence-corrected chi connectivity index (χ2v) is 8.46. The smallest absolute Gasteiger partial charge is 0.250 e. The number of carbonyl (C=O) groups excluding carboxylic acids is 1. The summed E-state index contributed by atoms with van der Waals surface area (Å²) in [6.07, 6.45) is 4.42. The van der Waals surface area contributed by atoms with E-state index in [0.717, 1.165) is 43.2 Å². The Bertz CT molecular complexity index is 829. The van der Waals surface area contributed by atoms with Crippen LogP contribution >= 0.6 is 24.0 Å². The number of rotatable bonds is 5. The molecule has 6 nitrogen and oxygen atoms in total. The van der Waals surface area contributed by atoms with Crippen LogP contribution in [-0.4, -0.2) is 67.3 Å².